The van der Waals surface area contributed by atoms with Crippen LogP contribution < -0.4 is 20.5 Å². The molecule has 4 N–H and O–H groups in total. The number of guanidine groups is 1. The van der Waals surface area contributed by atoms with Gasteiger partial charge in [0, 0.05) is 17.1 Å². The van der Waals surface area contributed by atoms with Gasteiger partial charge in [0.05, 0.1) is 32.0 Å². The minimum Gasteiger partial charge on any atom is -0.497 e. The number of anilines is 1. The van der Waals surface area contributed by atoms with Crippen LogP contribution >= 0.6 is 24.0 Å². The monoisotopic (exact) mass is 494 g/mol. The SMILES string of the molecule is COc1ccc(OC)c(NC(N)=NCc2cc(C)cc3c(C)c(C)[nH]c23)c1.I. The molecule has 0 amide bonds. The molecule has 1 heterocycles. The van der Waals surface area contributed by atoms with Crippen molar-refractivity contribution in [3.05, 3.63) is 52.7 Å². The highest BCUT2D eigenvalue weighted by atomic mass is 127. The Morgan fingerprint density at radius 2 is 1.86 bits per heavy atom. The van der Waals surface area contributed by atoms with Crippen molar-refractivity contribution >= 4 is 46.5 Å². The summed E-state index contributed by atoms with van der Waals surface area (Å²) in [5.41, 5.74) is 12.7. The third-order valence-electron chi connectivity index (χ3n) is 4.73. The number of ether oxygens (including phenoxy) is 2. The summed E-state index contributed by atoms with van der Waals surface area (Å²) in [6.07, 6.45) is 0. The number of hydrogen-bond acceptors (Lipinski definition) is 3. The second-order valence-corrected chi connectivity index (χ2v) is 6.61. The van der Waals surface area contributed by atoms with Crippen LogP contribution in [0.2, 0.25) is 0 Å². The summed E-state index contributed by atoms with van der Waals surface area (Å²) in [7, 11) is 3.23. The Bertz CT molecular complexity index is 1010. The van der Waals surface area contributed by atoms with Crippen molar-refractivity contribution < 1.29 is 9.47 Å². The molecule has 0 aliphatic rings. The quantitative estimate of drug-likeness (QED) is 0.274. The van der Waals surface area contributed by atoms with E-state index in [-0.39, 0.29) is 24.0 Å². The Labute approximate surface area is 182 Å². The van der Waals surface area contributed by atoms with Gasteiger partial charge in [0.15, 0.2) is 5.96 Å². The number of hydrogen-bond donors (Lipinski definition) is 3. The predicted octanol–water partition coefficient (Wildman–Crippen LogP) is 4.66. The number of methoxy groups -OCH3 is 2. The first-order valence-electron chi connectivity index (χ1n) is 8.80. The van der Waals surface area contributed by atoms with Crippen LogP contribution in [0, 0.1) is 20.8 Å². The van der Waals surface area contributed by atoms with Crippen molar-refractivity contribution in [1.82, 2.24) is 4.98 Å². The van der Waals surface area contributed by atoms with Crippen LogP contribution in [0.25, 0.3) is 10.9 Å². The summed E-state index contributed by atoms with van der Waals surface area (Å²) in [5, 5.41) is 4.33. The lowest BCUT2D eigenvalue weighted by molar-refractivity contribution is 0.405. The van der Waals surface area contributed by atoms with Gasteiger partial charge in [-0.1, -0.05) is 11.6 Å². The van der Waals surface area contributed by atoms with Crippen LogP contribution in [0.15, 0.2) is 35.3 Å². The average Bonchev–Trinajstić information content (AvgIpc) is 2.94. The van der Waals surface area contributed by atoms with Crippen LogP contribution in [0.1, 0.15) is 22.4 Å². The van der Waals surface area contributed by atoms with E-state index in [9.17, 15) is 0 Å². The summed E-state index contributed by atoms with van der Waals surface area (Å²) in [4.78, 5) is 7.98. The van der Waals surface area contributed by atoms with Gasteiger partial charge in [0.25, 0.3) is 0 Å². The number of nitrogens with one attached hydrogen (secondary N) is 2. The first-order valence-corrected chi connectivity index (χ1v) is 8.80. The zero-order valence-corrected chi connectivity index (χ0v) is 19.2. The Morgan fingerprint density at radius 3 is 2.54 bits per heavy atom. The lowest BCUT2D eigenvalue weighted by atomic mass is 10.0. The topological polar surface area (TPSA) is 84.7 Å². The number of halogens is 1. The van der Waals surface area contributed by atoms with Gasteiger partial charge >= 0.3 is 0 Å². The van der Waals surface area contributed by atoms with Crippen molar-refractivity contribution in [2.75, 3.05) is 19.5 Å². The highest BCUT2D eigenvalue weighted by molar-refractivity contribution is 14.0. The molecule has 0 bridgehead atoms. The van der Waals surface area contributed by atoms with Crippen LogP contribution in [-0.4, -0.2) is 25.2 Å². The van der Waals surface area contributed by atoms with Crippen molar-refractivity contribution in [2.24, 2.45) is 10.7 Å². The minimum absolute atomic E-state index is 0. The number of nitrogens with zero attached hydrogens (tertiary/aromatic N) is 1. The van der Waals surface area contributed by atoms with Crippen molar-refractivity contribution in [1.29, 1.82) is 0 Å². The first-order chi connectivity index (χ1) is 12.9. The van der Waals surface area contributed by atoms with Gasteiger partial charge in [0.1, 0.15) is 11.5 Å². The predicted molar refractivity (Wildman–Crippen MR) is 126 cm³/mol. The van der Waals surface area contributed by atoms with E-state index in [0.717, 1.165) is 11.1 Å². The summed E-state index contributed by atoms with van der Waals surface area (Å²) >= 11 is 0. The maximum Gasteiger partial charge on any atom is 0.193 e. The van der Waals surface area contributed by atoms with E-state index in [1.165, 1.54) is 22.2 Å². The number of benzene rings is 2. The molecule has 7 heteroatoms. The fraction of sp³-hybridized carbons (Fsp3) is 0.286. The van der Waals surface area contributed by atoms with Gasteiger partial charge in [0.2, 0.25) is 0 Å². The Morgan fingerprint density at radius 1 is 1.11 bits per heavy atom. The number of aliphatic imine (C=N–C) groups is 1. The maximum atomic E-state index is 6.12. The third kappa shape index (κ3) is 4.52. The van der Waals surface area contributed by atoms with E-state index < -0.39 is 0 Å². The minimum atomic E-state index is 0. The molecule has 0 saturated heterocycles. The van der Waals surface area contributed by atoms with Crippen LogP contribution in [-0.2, 0) is 6.54 Å². The molecule has 0 saturated carbocycles. The fourth-order valence-corrected chi connectivity index (χ4v) is 3.17. The molecule has 0 aliphatic heterocycles. The zero-order valence-electron chi connectivity index (χ0n) is 16.8. The molecule has 150 valence electrons. The largest absolute Gasteiger partial charge is 0.497 e. The number of rotatable bonds is 5. The normalized spacial score (nSPS) is 11.2. The fourth-order valence-electron chi connectivity index (χ4n) is 3.17. The van der Waals surface area contributed by atoms with Gasteiger partial charge in [-0.05, 0) is 50.1 Å². The van der Waals surface area contributed by atoms with Crippen molar-refractivity contribution in [2.45, 2.75) is 27.3 Å². The van der Waals surface area contributed by atoms with E-state index in [4.69, 9.17) is 15.2 Å². The lowest BCUT2D eigenvalue weighted by Crippen LogP contribution is -2.23. The van der Waals surface area contributed by atoms with Gasteiger partial charge in [-0.25, -0.2) is 4.99 Å². The Balaban J connectivity index is 0.00000280. The highest BCUT2D eigenvalue weighted by Crippen LogP contribution is 2.29. The molecule has 0 unspecified atom stereocenters. The number of fused-ring (bicyclic) bond motifs is 1. The van der Waals surface area contributed by atoms with E-state index in [1.807, 2.05) is 18.2 Å². The third-order valence-corrected chi connectivity index (χ3v) is 4.73. The molecule has 28 heavy (non-hydrogen) atoms. The molecule has 0 aliphatic carbocycles. The molecule has 2 aromatic carbocycles. The molecule has 3 rings (SSSR count). The molecular formula is C21H27IN4O2. The van der Waals surface area contributed by atoms with Crippen LogP contribution in [0.4, 0.5) is 5.69 Å². The molecule has 0 atom stereocenters. The number of aromatic amines is 1. The molecule has 3 aromatic rings. The standard InChI is InChI=1S/C21H26N4O2.HI/c1-12-8-15(20-17(9-12)13(2)14(3)24-20)11-23-21(22)25-18-10-16(26-4)6-7-19(18)27-5;/h6-10,24H,11H2,1-5H3,(H3,22,23,25);1H. The number of nitrogens with two attached hydrogens (primary N) is 1. The second kappa shape index (κ2) is 9.18. The molecule has 0 fully saturated rings. The molecular weight excluding hydrogens is 467 g/mol. The molecule has 0 radical (unpaired) electrons. The summed E-state index contributed by atoms with van der Waals surface area (Å²) in [6, 6.07) is 9.81. The molecule has 1 aromatic heterocycles. The van der Waals surface area contributed by atoms with Gasteiger partial charge < -0.3 is 25.5 Å². The summed E-state index contributed by atoms with van der Waals surface area (Å²) < 4.78 is 10.6. The zero-order chi connectivity index (χ0) is 19.6. The van der Waals surface area contributed by atoms with Crippen molar-refractivity contribution in [3.63, 3.8) is 0 Å². The van der Waals surface area contributed by atoms with E-state index >= 15 is 0 Å². The van der Waals surface area contributed by atoms with Gasteiger partial charge in [-0.2, -0.15) is 0 Å². The van der Waals surface area contributed by atoms with E-state index in [2.05, 4.69) is 48.2 Å². The molecule has 6 nitrogen and oxygen atoms in total. The summed E-state index contributed by atoms with van der Waals surface area (Å²) in [5.74, 6) is 1.70. The van der Waals surface area contributed by atoms with Gasteiger partial charge in [-0.3, -0.25) is 0 Å². The van der Waals surface area contributed by atoms with E-state index in [0.29, 0.717) is 29.7 Å². The lowest BCUT2D eigenvalue weighted by Gasteiger charge is -2.12. The Hall–Kier alpha value is -2.42. The Kier molecular flexibility index (Phi) is 7.17. The van der Waals surface area contributed by atoms with Crippen LogP contribution in [0.5, 0.6) is 11.5 Å². The van der Waals surface area contributed by atoms with Crippen molar-refractivity contribution in [3.8, 4) is 11.5 Å². The molecule has 0 spiro atoms. The number of aryl methyl sites for hydroxylation is 3. The first kappa shape index (κ1) is 21.9. The highest BCUT2D eigenvalue weighted by Gasteiger charge is 2.10. The maximum absolute atomic E-state index is 6.12. The number of H-pyrrole nitrogens is 1. The number of aromatic nitrogens is 1. The van der Waals surface area contributed by atoms with E-state index in [1.54, 1.807) is 14.2 Å². The smallest absolute Gasteiger partial charge is 0.193 e. The van der Waals surface area contributed by atoms with Gasteiger partial charge in [-0.15, -0.1) is 24.0 Å². The second-order valence-electron chi connectivity index (χ2n) is 6.61. The average molecular weight is 494 g/mol. The van der Waals surface area contributed by atoms with Crippen LogP contribution in [0.3, 0.4) is 0 Å². The summed E-state index contributed by atoms with van der Waals surface area (Å²) in [6.45, 7) is 6.79.